The zero-order chi connectivity index (χ0) is 21.8. The minimum Gasteiger partial charge on any atom is -0.462 e. The predicted molar refractivity (Wildman–Crippen MR) is 123 cm³/mol. The Labute approximate surface area is 187 Å². The Kier molecular flexibility index (Phi) is 7.32. The van der Waals surface area contributed by atoms with Crippen molar-refractivity contribution in [3.63, 3.8) is 0 Å². The third-order valence-corrected chi connectivity index (χ3v) is 7.30. The maximum Gasteiger partial charge on any atom is 0.341 e. The fraction of sp³-hybridized carbons (Fsp3) is 0.400. The summed E-state index contributed by atoms with van der Waals surface area (Å²) in [6.45, 7) is 9.95. The summed E-state index contributed by atoms with van der Waals surface area (Å²) in [7, 11) is 0. The topological polar surface area (TPSA) is 86.1 Å². The number of nitrogens with zero attached hydrogens (tertiary/aromatic N) is 3. The van der Waals surface area contributed by atoms with Gasteiger partial charge in [-0.1, -0.05) is 17.8 Å². The summed E-state index contributed by atoms with van der Waals surface area (Å²) in [5, 5.41) is 14.7. The Morgan fingerprint density at radius 2 is 2.07 bits per heavy atom. The number of esters is 1. The third kappa shape index (κ3) is 4.76. The predicted octanol–water partition coefficient (Wildman–Crippen LogP) is 5.17. The van der Waals surface area contributed by atoms with Gasteiger partial charge in [-0.15, -0.1) is 32.9 Å². The van der Waals surface area contributed by atoms with E-state index < -0.39 is 5.97 Å². The van der Waals surface area contributed by atoms with E-state index in [2.05, 4.69) is 29.4 Å². The lowest BCUT2D eigenvalue weighted by Gasteiger charge is -2.13. The van der Waals surface area contributed by atoms with E-state index in [0.717, 1.165) is 21.1 Å². The van der Waals surface area contributed by atoms with Crippen LogP contribution < -0.4 is 5.32 Å². The summed E-state index contributed by atoms with van der Waals surface area (Å²) in [4.78, 5) is 26.9. The maximum atomic E-state index is 12.6. The van der Waals surface area contributed by atoms with Gasteiger partial charge in [-0.25, -0.2) is 4.79 Å². The molecule has 0 aliphatic heterocycles. The molecule has 0 bridgehead atoms. The molecule has 0 aliphatic rings. The van der Waals surface area contributed by atoms with E-state index >= 15 is 0 Å². The highest BCUT2D eigenvalue weighted by Crippen LogP contribution is 2.34. The Morgan fingerprint density at radius 3 is 2.70 bits per heavy atom. The number of thioether (sulfide) groups is 1. The summed E-state index contributed by atoms with van der Waals surface area (Å²) in [5.41, 5.74) is 1.27. The van der Waals surface area contributed by atoms with Crippen molar-refractivity contribution in [1.82, 2.24) is 14.8 Å². The molecule has 3 aromatic heterocycles. The smallest absolute Gasteiger partial charge is 0.341 e. The van der Waals surface area contributed by atoms with Gasteiger partial charge in [0.15, 0.2) is 11.0 Å². The van der Waals surface area contributed by atoms with Crippen LogP contribution in [0.4, 0.5) is 5.00 Å². The summed E-state index contributed by atoms with van der Waals surface area (Å²) < 4.78 is 7.18. The molecular weight excluding hydrogens is 440 g/mol. The fourth-order valence-corrected chi connectivity index (χ4v) is 5.51. The van der Waals surface area contributed by atoms with Crippen molar-refractivity contribution in [3.05, 3.63) is 33.5 Å². The first-order valence-corrected chi connectivity index (χ1v) is 12.2. The quantitative estimate of drug-likeness (QED) is 0.365. The molecule has 0 atom stereocenters. The zero-order valence-corrected chi connectivity index (χ0v) is 20.0. The van der Waals surface area contributed by atoms with E-state index in [-0.39, 0.29) is 24.3 Å². The molecule has 0 aromatic carbocycles. The number of hydrogen-bond acceptors (Lipinski definition) is 8. The van der Waals surface area contributed by atoms with Gasteiger partial charge < -0.3 is 10.1 Å². The van der Waals surface area contributed by atoms with Gasteiger partial charge in [0, 0.05) is 10.9 Å². The largest absolute Gasteiger partial charge is 0.462 e. The van der Waals surface area contributed by atoms with Crippen LogP contribution in [0.5, 0.6) is 0 Å². The van der Waals surface area contributed by atoms with Gasteiger partial charge in [0.1, 0.15) is 5.00 Å². The average Bonchev–Trinajstić information content (AvgIpc) is 3.40. The second-order valence-corrected chi connectivity index (χ2v) is 9.91. The second-order valence-electron chi connectivity index (χ2n) is 6.79. The van der Waals surface area contributed by atoms with Gasteiger partial charge in [-0.05, 0) is 51.6 Å². The Balaban J connectivity index is 1.73. The van der Waals surface area contributed by atoms with Gasteiger partial charge in [0.2, 0.25) is 5.91 Å². The highest BCUT2D eigenvalue weighted by molar-refractivity contribution is 7.99. The number of ether oxygens (including phenoxy) is 1. The van der Waals surface area contributed by atoms with E-state index in [4.69, 9.17) is 4.74 Å². The summed E-state index contributed by atoms with van der Waals surface area (Å²) in [6, 6.07) is 4.14. The molecule has 3 heterocycles. The number of carbonyl (C=O) groups is 2. The van der Waals surface area contributed by atoms with E-state index in [1.165, 1.54) is 23.1 Å². The van der Waals surface area contributed by atoms with E-state index in [9.17, 15) is 9.59 Å². The van der Waals surface area contributed by atoms with Crippen molar-refractivity contribution >= 4 is 51.3 Å². The number of hydrogen-bond donors (Lipinski definition) is 1. The van der Waals surface area contributed by atoms with Crippen LogP contribution in [0, 0.1) is 13.8 Å². The van der Waals surface area contributed by atoms with Crippen LogP contribution in [0.2, 0.25) is 0 Å². The second kappa shape index (κ2) is 9.76. The summed E-state index contributed by atoms with van der Waals surface area (Å²) in [6.07, 6.45) is 0. The monoisotopic (exact) mass is 464 g/mol. The molecule has 1 amide bonds. The molecule has 30 heavy (non-hydrogen) atoms. The van der Waals surface area contributed by atoms with E-state index in [1.807, 2.05) is 35.9 Å². The molecule has 0 saturated heterocycles. The van der Waals surface area contributed by atoms with Crippen molar-refractivity contribution in [2.24, 2.45) is 0 Å². The number of thiophene rings is 2. The van der Waals surface area contributed by atoms with Gasteiger partial charge in [-0.2, -0.15) is 0 Å². The van der Waals surface area contributed by atoms with Gasteiger partial charge in [0.05, 0.1) is 22.8 Å². The molecule has 0 radical (unpaired) electrons. The molecule has 160 valence electrons. The van der Waals surface area contributed by atoms with Crippen LogP contribution >= 0.6 is 34.4 Å². The van der Waals surface area contributed by atoms with Crippen molar-refractivity contribution in [3.8, 4) is 10.7 Å². The number of aryl methyl sites for hydroxylation is 1. The third-order valence-electron chi connectivity index (χ3n) is 4.37. The normalized spacial score (nSPS) is 11.1. The molecule has 0 spiro atoms. The number of anilines is 1. The van der Waals surface area contributed by atoms with Crippen molar-refractivity contribution in [1.29, 1.82) is 0 Å². The molecule has 0 aliphatic carbocycles. The van der Waals surface area contributed by atoms with Crippen LogP contribution in [-0.2, 0) is 9.53 Å². The number of aromatic nitrogens is 3. The van der Waals surface area contributed by atoms with Crippen LogP contribution in [0.25, 0.3) is 10.7 Å². The minimum atomic E-state index is -0.414. The molecule has 0 unspecified atom stereocenters. The fourth-order valence-electron chi connectivity index (χ4n) is 2.87. The Hall–Kier alpha value is -2.17. The zero-order valence-electron chi connectivity index (χ0n) is 17.5. The molecule has 10 heteroatoms. The Bertz CT molecular complexity index is 1040. The van der Waals surface area contributed by atoms with Gasteiger partial charge in [-0.3, -0.25) is 9.36 Å². The Morgan fingerprint density at radius 1 is 1.30 bits per heavy atom. The van der Waals surface area contributed by atoms with Crippen molar-refractivity contribution in [2.45, 2.75) is 45.8 Å². The SMILES string of the molecule is CCOC(=O)c1c(NC(=O)CSc2nnc(-c3cccs3)n2C(C)C)sc(C)c1C. The standard InChI is InChI=1S/C20H24N4O3S3/c1-6-27-19(26)16-12(4)13(5)30-18(16)21-15(25)10-29-20-23-22-17(24(20)11(2)3)14-8-7-9-28-14/h7-9,11H,6,10H2,1-5H3,(H,21,25). The summed E-state index contributed by atoms with van der Waals surface area (Å²) in [5.74, 6) is 0.343. The minimum absolute atomic E-state index is 0.153. The van der Waals surface area contributed by atoms with Gasteiger partial charge in [0.25, 0.3) is 0 Å². The lowest BCUT2D eigenvalue weighted by Crippen LogP contribution is -2.17. The lowest BCUT2D eigenvalue weighted by atomic mass is 10.1. The first-order valence-electron chi connectivity index (χ1n) is 9.52. The molecule has 0 saturated carbocycles. The maximum absolute atomic E-state index is 12.6. The van der Waals surface area contributed by atoms with E-state index in [0.29, 0.717) is 15.7 Å². The first kappa shape index (κ1) is 22.5. The number of rotatable bonds is 8. The number of carbonyl (C=O) groups excluding carboxylic acids is 2. The number of amides is 1. The van der Waals surface area contributed by atoms with Crippen LogP contribution in [-0.4, -0.2) is 39.0 Å². The van der Waals surface area contributed by atoms with Crippen LogP contribution in [0.1, 0.15) is 47.6 Å². The first-order chi connectivity index (χ1) is 14.3. The number of nitrogens with one attached hydrogen (secondary N) is 1. The molecule has 1 N–H and O–H groups in total. The average molecular weight is 465 g/mol. The highest BCUT2D eigenvalue weighted by atomic mass is 32.2. The lowest BCUT2D eigenvalue weighted by molar-refractivity contribution is -0.113. The van der Waals surface area contributed by atoms with Crippen LogP contribution in [0.3, 0.4) is 0 Å². The van der Waals surface area contributed by atoms with Crippen molar-refractivity contribution in [2.75, 3.05) is 17.7 Å². The molecule has 0 fully saturated rings. The highest BCUT2D eigenvalue weighted by Gasteiger charge is 2.23. The molecule has 3 aromatic rings. The van der Waals surface area contributed by atoms with Crippen LogP contribution in [0.15, 0.2) is 22.7 Å². The molecule has 7 nitrogen and oxygen atoms in total. The van der Waals surface area contributed by atoms with Gasteiger partial charge >= 0.3 is 5.97 Å². The molecular formula is C20H24N4O3S3. The van der Waals surface area contributed by atoms with E-state index in [1.54, 1.807) is 18.3 Å². The molecule has 3 rings (SSSR count). The van der Waals surface area contributed by atoms with Crippen molar-refractivity contribution < 1.29 is 14.3 Å². The summed E-state index contributed by atoms with van der Waals surface area (Å²) >= 11 is 4.31.